The van der Waals surface area contributed by atoms with Crippen molar-refractivity contribution in [1.29, 1.82) is 0 Å². The van der Waals surface area contributed by atoms with E-state index in [0.29, 0.717) is 0 Å². The Hall–Kier alpha value is -0.0800. The minimum absolute atomic E-state index is 0.774. The molecule has 1 aliphatic heterocycles. The number of piperidine rings is 1. The molecule has 1 N–H and O–H groups in total. The third-order valence-electron chi connectivity index (χ3n) is 3.67. The van der Waals surface area contributed by atoms with Crippen molar-refractivity contribution in [2.45, 2.75) is 39.2 Å². The maximum Gasteiger partial charge on any atom is 0.0117 e. The summed E-state index contributed by atoms with van der Waals surface area (Å²) in [4.78, 5) is 2.68. The van der Waals surface area contributed by atoms with Gasteiger partial charge in [-0.2, -0.15) is 0 Å². The number of likely N-dealkylation sites (tertiary alicyclic amines) is 1. The van der Waals surface area contributed by atoms with Crippen molar-refractivity contribution in [3.63, 3.8) is 0 Å². The number of hydrogen-bond acceptors (Lipinski definition) is 2. The monoisotopic (exact) mass is 196 g/mol. The summed E-state index contributed by atoms with van der Waals surface area (Å²) in [5, 5.41) is 3.60. The molecule has 2 rings (SSSR count). The second kappa shape index (κ2) is 4.63. The maximum absolute atomic E-state index is 3.60. The molecule has 1 saturated carbocycles. The maximum atomic E-state index is 3.60. The summed E-state index contributed by atoms with van der Waals surface area (Å²) < 4.78 is 0. The van der Waals surface area contributed by atoms with Gasteiger partial charge in [0.2, 0.25) is 0 Å². The van der Waals surface area contributed by atoms with Gasteiger partial charge in [-0.15, -0.1) is 0 Å². The van der Waals surface area contributed by atoms with Crippen molar-refractivity contribution < 1.29 is 0 Å². The molecular weight excluding hydrogens is 172 g/mol. The minimum Gasteiger partial charge on any atom is -0.314 e. The van der Waals surface area contributed by atoms with Crippen LogP contribution in [0, 0.1) is 11.8 Å². The van der Waals surface area contributed by atoms with Crippen LogP contribution in [0.4, 0.5) is 0 Å². The number of rotatable bonds is 4. The molecule has 0 bridgehead atoms. The fourth-order valence-electron chi connectivity index (χ4n) is 2.63. The molecule has 2 atom stereocenters. The van der Waals surface area contributed by atoms with E-state index < -0.39 is 0 Å². The van der Waals surface area contributed by atoms with E-state index in [-0.39, 0.29) is 0 Å². The summed E-state index contributed by atoms with van der Waals surface area (Å²) in [7, 11) is 0. The third kappa shape index (κ3) is 2.71. The van der Waals surface area contributed by atoms with E-state index >= 15 is 0 Å². The van der Waals surface area contributed by atoms with E-state index in [1.54, 1.807) is 0 Å². The van der Waals surface area contributed by atoms with Crippen LogP contribution in [0.1, 0.15) is 33.1 Å². The molecule has 1 heterocycles. The molecule has 1 aliphatic carbocycles. The Kier molecular flexibility index (Phi) is 3.45. The SMILES string of the molecule is CCNC1CCN(CC2CC2)CC1C. The van der Waals surface area contributed by atoms with Gasteiger partial charge in [-0.3, -0.25) is 0 Å². The number of hydrogen-bond donors (Lipinski definition) is 1. The molecule has 1 saturated heterocycles. The van der Waals surface area contributed by atoms with E-state index in [2.05, 4.69) is 24.1 Å². The standard InChI is InChI=1S/C12H24N2/c1-3-13-12-6-7-14(8-10(12)2)9-11-4-5-11/h10-13H,3-9H2,1-2H3. The van der Waals surface area contributed by atoms with Gasteiger partial charge in [-0.05, 0) is 44.2 Å². The van der Waals surface area contributed by atoms with Crippen LogP contribution >= 0.6 is 0 Å². The van der Waals surface area contributed by atoms with Crippen molar-refractivity contribution in [2.75, 3.05) is 26.2 Å². The van der Waals surface area contributed by atoms with Crippen molar-refractivity contribution in [2.24, 2.45) is 11.8 Å². The van der Waals surface area contributed by atoms with Crippen LogP contribution in [0.3, 0.4) is 0 Å². The highest BCUT2D eigenvalue weighted by atomic mass is 15.2. The molecule has 2 nitrogen and oxygen atoms in total. The van der Waals surface area contributed by atoms with Crippen LogP contribution in [-0.2, 0) is 0 Å². The van der Waals surface area contributed by atoms with Gasteiger partial charge in [0, 0.05) is 19.1 Å². The highest BCUT2D eigenvalue weighted by Crippen LogP contribution is 2.31. The normalized spacial score (nSPS) is 34.7. The van der Waals surface area contributed by atoms with Crippen LogP contribution in [0.15, 0.2) is 0 Å². The first-order chi connectivity index (χ1) is 6.79. The first-order valence-electron chi connectivity index (χ1n) is 6.25. The lowest BCUT2D eigenvalue weighted by atomic mass is 9.93. The predicted octanol–water partition coefficient (Wildman–Crippen LogP) is 1.72. The van der Waals surface area contributed by atoms with Crippen LogP contribution in [0.5, 0.6) is 0 Å². The molecule has 82 valence electrons. The lowest BCUT2D eigenvalue weighted by Crippen LogP contribution is -2.48. The van der Waals surface area contributed by atoms with Gasteiger partial charge in [-0.25, -0.2) is 0 Å². The Morgan fingerprint density at radius 1 is 1.29 bits per heavy atom. The Morgan fingerprint density at radius 3 is 2.64 bits per heavy atom. The molecule has 0 aromatic carbocycles. The highest BCUT2D eigenvalue weighted by molar-refractivity contribution is 4.85. The van der Waals surface area contributed by atoms with Crippen molar-refractivity contribution in [3.05, 3.63) is 0 Å². The fraction of sp³-hybridized carbons (Fsp3) is 1.00. The molecular formula is C12H24N2. The van der Waals surface area contributed by atoms with Gasteiger partial charge in [0.15, 0.2) is 0 Å². The minimum atomic E-state index is 0.774. The van der Waals surface area contributed by atoms with Crippen molar-refractivity contribution in [1.82, 2.24) is 10.2 Å². The molecule has 0 aromatic heterocycles. The zero-order valence-electron chi connectivity index (χ0n) is 9.63. The van der Waals surface area contributed by atoms with Crippen LogP contribution in [-0.4, -0.2) is 37.1 Å². The summed E-state index contributed by atoms with van der Waals surface area (Å²) in [6, 6.07) is 0.774. The van der Waals surface area contributed by atoms with Crippen LogP contribution < -0.4 is 5.32 Å². The number of nitrogens with zero attached hydrogens (tertiary/aromatic N) is 1. The van der Waals surface area contributed by atoms with E-state index in [4.69, 9.17) is 0 Å². The van der Waals surface area contributed by atoms with Crippen LogP contribution in [0.25, 0.3) is 0 Å². The Bertz CT molecular complexity index is 177. The average Bonchev–Trinajstić information content (AvgIpc) is 2.94. The van der Waals surface area contributed by atoms with Crippen molar-refractivity contribution >= 4 is 0 Å². The molecule has 0 radical (unpaired) electrons. The smallest absolute Gasteiger partial charge is 0.0117 e. The Balaban J connectivity index is 1.73. The van der Waals surface area contributed by atoms with Gasteiger partial charge in [0.05, 0.1) is 0 Å². The third-order valence-corrected chi connectivity index (χ3v) is 3.67. The Labute approximate surface area is 88.1 Å². The second-order valence-electron chi connectivity index (χ2n) is 5.13. The van der Waals surface area contributed by atoms with E-state index in [1.165, 1.54) is 38.9 Å². The predicted molar refractivity (Wildman–Crippen MR) is 60.4 cm³/mol. The number of nitrogens with one attached hydrogen (secondary N) is 1. The van der Waals surface area contributed by atoms with E-state index in [1.807, 2.05) is 0 Å². The molecule has 2 unspecified atom stereocenters. The van der Waals surface area contributed by atoms with Gasteiger partial charge in [0.1, 0.15) is 0 Å². The molecule has 0 amide bonds. The fourth-order valence-corrected chi connectivity index (χ4v) is 2.63. The van der Waals surface area contributed by atoms with Gasteiger partial charge < -0.3 is 10.2 Å². The largest absolute Gasteiger partial charge is 0.314 e. The molecule has 2 fully saturated rings. The quantitative estimate of drug-likeness (QED) is 0.736. The lowest BCUT2D eigenvalue weighted by Gasteiger charge is -2.37. The highest BCUT2D eigenvalue weighted by Gasteiger charge is 2.29. The van der Waals surface area contributed by atoms with Gasteiger partial charge in [0.25, 0.3) is 0 Å². The molecule has 2 heteroatoms. The summed E-state index contributed by atoms with van der Waals surface area (Å²) in [6.45, 7) is 9.74. The summed E-state index contributed by atoms with van der Waals surface area (Å²) >= 11 is 0. The molecule has 0 spiro atoms. The molecule has 2 aliphatic rings. The summed E-state index contributed by atoms with van der Waals surface area (Å²) in [5.41, 5.74) is 0. The van der Waals surface area contributed by atoms with Gasteiger partial charge in [-0.1, -0.05) is 13.8 Å². The molecule has 0 aromatic rings. The first-order valence-corrected chi connectivity index (χ1v) is 6.25. The lowest BCUT2D eigenvalue weighted by molar-refractivity contribution is 0.143. The first kappa shape index (κ1) is 10.4. The summed E-state index contributed by atoms with van der Waals surface area (Å²) in [6.07, 6.45) is 4.32. The second-order valence-corrected chi connectivity index (χ2v) is 5.13. The zero-order chi connectivity index (χ0) is 9.97. The topological polar surface area (TPSA) is 15.3 Å². The Morgan fingerprint density at radius 2 is 2.07 bits per heavy atom. The molecule has 14 heavy (non-hydrogen) atoms. The average molecular weight is 196 g/mol. The van der Waals surface area contributed by atoms with Gasteiger partial charge >= 0.3 is 0 Å². The van der Waals surface area contributed by atoms with E-state index in [9.17, 15) is 0 Å². The summed E-state index contributed by atoms with van der Waals surface area (Å²) in [5.74, 6) is 1.89. The zero-order valence-corrected chi connectivity index (χ0v) is 9.63. The van der Waals surface area contributed by atoms with Crippen LogP contribution in [0.2, 0.25) is 0 Å². The van der Waals surface area contributed by atoms with Crippen molar-refractivity contribution in [3.8, 4) is 0 Å². The van der Waals surface area contributed by atoms with E-state index in [0.717, 1.165) is 24.4 Å².